The molecule has 0 atom stereocenters. The molecule has 1 aromatic carbocycles. The van der Waals surface area contributed by atoms with Crippen molar-refractivity contribution in [3.05, 3.63) is 41.6 Å². The third kappa shape index (κ3) is 4.73. The smallest absolute Gasteiger partial charge is 0.345 e. The Bertz CT molecular complexity index is 1050. The van der Waals surface area contributed by atoms with Crippen LogP contribution in [0.5, 0.6) is 5.75 Å². The first-order chi connectivity index (χ1) is 14.4. The van der Waals surface area contributed by atoms with E-state index < -0.39 is 21.5 Å². The third-order valence-corrected chi connectivity index (χ3v) is 6.57. The summed E-state index contributed by atoms with van der Waals surface area (Å²) < 4.78 is 35.2. The minimum absolute atomic E-state index is 0.0171. The number of piperazine rings is 1. The van der Waals surface area contributed by atoms with E-state index >= 15 is 0 Å². The normalized spacial score (nSPS) is 18.9. The van der Waals surface area contributed by atoms with Gasteiger partial charge in [-0.05, 0) is 18.2 Å². The van der Waals surface area contributed by atoms with Crippen LogP contribution < -0.4 is 4.74 Å². The van der Waals surface area contributed by atoms with Gasteiger partial charge in [0, 0.05) is 44.2 Å². The molecule has 2 aliphatic heterocycles. The molecule has 2 aliphatic rings. The van der Waals surface area contributed by atoms with Crippen molar-refractivity contribution in [3.8, 4) is 5.75 Å². The van der Waals surface area contributed by atoms with E-state index in [4.69, 9.17) is 4.74 Å². The molecule has 0 N–H and O–H groups in total. The van der Waals surface area contributed by atoms with Gasteiger partial charge in [-0.1, -0.05) is 32.9 Å². The molecule has 1 fully saturated rings. The maximum Gasteiger partial charge on any atom is 0.345 e. The Kier molecular flexibility index (Phi) is 6.13. The molecular formula is C21H28N4O5S. The highest BCUT2D eigenvalue weighted by molar-refractivity contribution is 7.88. The Labute approximate surface area is 183 Å². The van der Waals surface area contributed by atoms with Crippen LogP contribution >= 0.6 is 0 Å². The Morgan fingerprint density at radius 3 is 2.26 bits per heavy atom. The van der Waals surface area contributed by atoms with Gasteiger partial charge in [0.1, 0.15) is 11.4 Å². The number of ether oxygens (including phenoxy) is 1. The number of rotatable bonds is 3. The van der Waals surface area contributed by atoms with Gasteiger partial charge in [0.25, 0.3) is 5.91 Å². The molecule has 31 heavy (non-hydrogen) atoms. The zero-order valence-electron chi connectivity index (χ0n) is 18.5. The summed E-state index contributed by atoms with van der Waals surface area (Å²) in [5, 5.41) is 0. The van der Waals surface area contributed by atoms with Crippen molar-refractivity contribution in [2.45, 2.75) is 20.8 Å². The van der Waals surface area contributed by atoms with Crippen LogP contribution in [0.3, 0.4) is 0 Å². The van der Waals surface area contributed by atoms with Gasteiger partial charge in [0.05, 0.1) is 12.8 Å². The molecule has 9 nitrogen and oxygen atoms in total. The second-order valence-corrected chi connectivity index (χ2v) is 10.1. The molecule has 2 amide bonds. The lowest BCUT2D eigenvalue weighted by Gasteiger charge is -2.38. The minimum atomic E-state index is -4.05. The summed E-state index contributed by atoms with van der Waals surface area (Å²) in [6, 6.07) is 6.83. The minimum Gasteiger partial charge on any atom is -0.497 e. The summed E-state index contributed by atoms with van der Waals surface area (Å²) in [6.45, 7) is 7.05. The summed E-state index contributed by atoms with van der Waals surface area (Å²) in [4.78, 5) is 29.0. The fourth-order valence-electron chi connectivity index (χ4n) is 3.42. The van der Waals surface area contributed by atoms with Gasteiger partial charge >= 0.3 is 10.2 Å². The van der Waals surface area contributed by atoms with E-state index in [1.54, 1.807) is 34.1 Å². The van der Waals surface area contributed by atoms with Gasteiger partial charge in [-0.25, -0.2) is 4.31 Å². The lowest BCUT2D eigenvalue weighted by atomic mass is 9.94. The van der Waals surface area contributed by atoms with Crippen LogP contribution in [0.4, 0.5) is 0 Å². The van der Waals surface area contributed by atoms with Crippen LogP contribution in [-0.4, -0.2) is 80.4 Å². The van der Waals surface area contributed by atoms with Crippen molar-refractivity contribution in [2.75, 3.05) is 40.3 Å². The lowest BCUT2D eigenvalue weighted by Crippen LogP contribution is -2.54. The molecule has 0 aliphatic carbocycles. The van der Waals surface area contributed by atoms with E-state index in [-0.39, 0.29) is 17.3 Å². The maximum atomic E-state index is 13.2. The van der Waals surface area contributed by atoms with E-state index in [1.807, 2.05) is 20.8 Å². The molecule has 0 spiro atoms. The quantitative estimate of drug-likeness (QED) is 0.694. The summed E-state index contributed by atoms with van der Waals surface area (Å²) in [6.07, 6.45) is 1.48. The molecule has 0 unspecified atom stereocenters. The van der Waals surface area contributed by atoms with Crippen molar-refractivity contribution >= 4 is 27.7 Å². The van der Waals surface area contributed by atoms with Crippen LogP contribution in [0.25, 0.3) is 0 Å². The van der Waals surface area contributed by atoms with E-state index in [0.717, 1.165) is 4.31 Å². The number of benzene rings is 1. The second kappa shape index (κ2) is 8.33. The van der Waals surface area contributed by atoms with Crippen LogP contribution in [-0.2, 0) is 19.8 Å². The number of methoxy groups -OCH3 is 1. The van der Waals surface area contributed by atoms with Crippen molar-refractivity contribution < 1.29 is 22.7 Å². The van der Waals surface area contributed by atoms with E-state index in [1.165, 1.54) is 20.2 Å². The van der Waals surface area contributed by atoms with Crippen molar-refractivity contribution in [1.29, 1.82) is 0 Å². The SMILES string of the molecule is COc1cccc(C2=NS(=O)(=O)N(C)C(C(=O)N3CCN(C(=O)C(C)(C)C)CC3)=C2)c1. The molecule has 0 radical (unpaired) electrons. The molecule has 168 valence electrons. The zero-order chi connectivity index (χ0) is 23.0. The molecular weight excluding hydrogens is 420 g/mol. The zero-order valence-corrected chi connectivity index (χ0v) is 19.3. The maximum absolute atomic E-state index is 13.2. The van der Waals surface area contributed by atoms with Crippen LogP contribution in [0.1, 0.15) is 26.3 Å². The molecule has 0 aromatic heterocycles. The van der Waals surface area contributed by atoms with Crippen molar-refractivity contribution in [2.24, 2.45) is 9.81 Å². The lowest BCUT2D eigenvalue weighted by molar-refractivity contribution is -0.144. The van der Waals surface area contributed by atoms with E-state index in [2.05, 4.69) is 4.40 Å². The van der Waals surface area contributed by atoms with E-state index in [9.17, 15) is 18.0 Å². The van der Waals surface area contributed by atoms with Gasteiger partial charge in [-0.3, -0.25) is 9.59 Å². The first-order valence-electron chi connectivity index (χ1n) is 9.97. The number of carbonyl (C=O) groups is 2. The Morgan fingerprint density at radius 2 is 1.68 bits per heavy atom. The summed E-state index contributed by atoms with van der Waals surface area (Å²) in [5.74, 6) is 0.172. The van der Waals surface area contributed by atoms with Crippen LogP contribution in [0.15, 0.2) is 40.4 Å². The highest BCUT2D eigenvalue weighted by Gasteiger charge is 2.35. The number of hydrogen-bond donors (Lipinski definition) is 0. The monoisotopic (exact) mass is 448 g/mol. The number of allylic oxidation sites excluding steroid dienone is 1. The van der Waals surface area contributed by atoms with Gasteiger partial charge < -0.3 is 14.5 Å². The molecule has 2 heterocycles. The first kappa shape index (κ1) is 22.8. The highest BCUT2D eigenvalue weighted by Crippen LogP contribution is 2.24. The van der Waals surface area contributed by atoms with Gasteiger partial charge in [0.2, 0.25) is 5.91 Å². The molecule has 0 saturated carbocycles. The molecule has 0 bridgehead atoms. The number of likely N-dealkylation sites (N-methyl/N-ethyl adjacent to an activating group) is 1. The predicted octanol–water partition coefficient (Wildman–Crippen LogP) is 1.28. The summed E-state index contributed by atoms with van der Waals surface area (Å²) in [5.41, 5.74) is 0.223. The molecule has 3 rings (SSSR count). The summed E-state index contributed by atoms with van der Waals surface area (Å²) in [7, 11) is -1.23. The number of nitrogens with zero attached hydrogens (tertiary/aromatic N) is 4. The predicted molar refractivity (Wildman–Crippen MR) is 117 cm³/mol. The number of carbonyl (C=O) groups excluding carboxylic acids is 2. The number of hydrogen-bond acceptors (Lipinski definition) is 5. The van der Waals surface area contributed by atoms with Crippen LogP contribution in [0.2, 0.25) is 0 Å². The first-order valence-corrected chi connectivity index (χ1v) is 11.4. The average Bonchev–Trinajstić information content (AvgIpc) is 2.74. The van der Waals surface area contributed by atoms with Gasteiger partial charge in [0.15, 0.2) is 0 Å². The van der Waals surface area contributed by atoms with Gasteiger partial charge in [-0.15, -0.1) is 4.40 Å². The van der Waals surface area contributed by atoms with Crippen molar-refractivity contribution in [1.82, 2.24) is 14.1 Å². The van der Waals surface area contributed by atoms with Crippen LogP contribution in [0, 0.1) is 5.41 Å². The molecule has 1 aromatic rings. The topological polar surface area (TPSA) is 99.6 Å². The molecule has 1 saturated heterocycles. The standard InChI is InChI=1S/C21H28N4O5S/c1-21(2,3)20(27)25-11-9-24(10-12-25)19(26)18-14-17(22-31(28,29)23(18)4)15-7-6-8-16(13-15)30-5/h6-8,13-14H,9-12H2,1-5H3. The Balaban J connectivity index is 1.84. The fraction of sp³-hybridized carbons (Fsp3) is 0.476. The average molecular weight is 449 g/mol. The fourth-order valence-corrected chi connectivity index (χ4v) is 4.33. The van der Waals surface area contributed by atoms with Crippen molar-refractivity contribution in [3.63, 3.8) is 0 Å². The molecule has 10 heteroatoms. The van der Waals surface area contributed by atoms with E-state index in [0.29, 0.717) is 37.5 Å². The highest BCUT2D eigenvalue weighted by atomic mass is 32.2. The second-order valence-electron chi connectivity index (χ2n) is 8.52. The third-order valence-electron chi connectivity index (χ3n) is 5.25. The summed E-state index contributed by atoms with van der Waals surface area (Å²) >= 11 is 0. The van der Waals surface area contributed by atoms with Gasteiger partial charge in [-0.2, -0.15) is 8.42 Å². The number of amides is 2. The Hall–Kier alpha value is -2.88. The largest absolute Gasteiger partial charge is 0.497 e. The Morgan fingerprint density at radius 1 is 1.06 bits per heavy atom.